The number of nitrogens with one attached hydrogen (secondary N) is 1. The molecule has 0 radical (unpaired) electrons. The first-order valence-electron chi connectivity index (χ1n) is 6.90. The van der Waals surface area contributed by atoms with Crippen molar-refractivity contribution in [2.45, 2.75) is 31.3 Å². The van der Waals surface area contributed by atoms with Crippen LogP contribution < -0.4 is 11.1 Å². The lowest BCUT2D eigenvalue weighted by Gasteiger charge is -2.33. The van der Waals surface area contributed by atoms with Crippen LogP contribution in [0.2, 0.25) is 0 Å². The van der Waals surface area contributed by atoms with E-state index in [2.05, 4.69) is 21.2 Å². The van der Waals surface area contributed by atoms with Crippen LogP contribution in [0.25, 0.3) is 0 Å². The summed E-state index contributed by atoms with van der Waals surface area (Å²) < 4.78 is 0.940. The Kier molecular flexibility index (Phi) is 6.40. The third-order valence-corrected chi connectivity index (χ3v) is 4.41. The van der Waals surface area contributed by atoms with Crippen LogP contribution in [0.1, 0.15) is 25.3 Å². The maximum atomic E-state index is 12.5. The molecule has 2 amide bonds. The van der Waals surface area contributed by atoms with Gasteiger partial charge in [-0.05, 0) is 31.0 Å². The number of likely N-dealkylation sites (tertiary alicyclic amines) is 1. The molecule has 0 aromatic heterocycles. The molecule has 0 spiro atoms. The fraction of sp³-hybridized carbons (Fsp3) is 0.467. The van der Waals surface area contributed by atoms with E-state index in [0.717, 1.165) is 10.0 Å². The van der Waals surface area contributed by atoms with E-state index in [1.807, 2.05) is 24.3 Å². The van der Waals surface area contributed by atoms with Crippen molar-refractivity contribution in [1.29, 1.82) is 0 Å². The van der Waals surface area contributed by atoms with Gasteiger partial charge in [-0.25, -0.2) is 0 Å². The van der Waals surface area contributed by atoms with Crippen molar-refractivity contribution < 1.29 is 9.59 Å². The van der Waals surface area contributed by atoms with E-state index >= 15 is 0 Å². The predicted octanol–water partition coefficient (Wildman–Crippen LogP) is 1.78. The average molecular weight is 391 g/mol. The van der Waals surface area contributed by atoms with Gasteiger partial charge in [-0.15, -0.1) is 12.4 Å². The van der Waals surface area contributed by atoms with Gasteiger partial charge in [-0.2, -0.15) is 0 Å². The lowest BCUT2D eigenvalue weighted by molar-refractivity contribution is -0.134. The van der Waals surface area contributed by atoms with Crippen molar-refractivity contribution in [3.63, 3.8) is 0 Å². The van der Waals surface area contributed by atoms with E-state index in [4.69, 9.17) is 5.73 Å². The molecule has 1 heterocycles. The fourth-order valence-corrected chi connectivity index (χ4v) is 2.66. The Balaban J connectivity index is 0.00000242. The molecule has 22 heavy (non-hydrogen) atoms. The number of hydrogen-bond donors (Lipinski definition) is 2. The molecule has 2 unspecified atom stereocenters. The quantitative estimate of drug-likeness (QED) is 0.826. The van der Waals surface area contributed by atoms with Crippen LogP contribution in [0.4, 0.5) is 0 Å². The van der Waals surface area contributed by atoms with Crippen molar-refractivity contribution in [2.75, 3.05) is 13.6 Å². The van der Waals surface area contributed by atoms with Gasteiger partial charge < -0.3 is 16.0 Å². The zero-order valence-electron chi connectivity index (χ0n) is 12.6. The summed E-state index contributed by atoms with van der Waals surface area (Å²) in [6.07, 6.45) is 1.12. The van der Waals surface area contributed by atoms with Crippen LogP contribution in [-0.4, -0.2) is 36.3 Å². The maximum Gasteiger partial charge on any atom is 0.244 e. The third-order valence-electron chi connectivity index (χ3n) is 3.88. The Morgan fingerprint density at radius 1 is 1.41 bits per heavy atom. The molecule has 3 N–H and O–H groups in total. The molecule has 2 atom stereocenters. The Morgan fingerprint density at radius 3 is 2.55 bits per heavy atom. The topological polar surface area (TPSA) is 75.4 Å². The molecule has 0 aliphatic carbocycles. The van der Waals surface area contributed by atoms with E-state index in [1.54, 1.807) is 18.9 Å². The zero-order chi connectivity index (χ0) is 15.6. The number of hydrogen-bond acceptors (Lipinski definition) is 3. The smallest absolute Gasteiger partial charge is 0.244 e. The third kappa shape index (κ3) is 4.21. The molecule has 1 aliphatic rings. The number of piperidine rings is 1. The molecule has 1 aromatic carbocycles. The lowest BCUT2D eigenvalue weighted by Crippen LogP contribution is -2.55. The van der Waals surface area contributed by atoms with Gasteiger partial charge in [0.1, 0.15) is 5.54 Å². The minimum atomic E-state index is -1.10. The van der Waals surface area contributed by atoms with Crippen LogP contribution in [0, 0.1) is 0 Å². The summed E-state index contributed by atoms with van der Waals surface area (Å²) in [5.41, 5.74) is 5.86. The molecule has 1 saturated heterocycles. The van der Waals surface area contributed by atoms with Gasteiger partial charge >= 0.3 is 0 Å². The molecule has 1 aliphatic heterocycles. The molecule has 1 aromatic rings. The number of carbonyl (C=O) groups excluding carboxylic acids is 2. The van der Waals surface area contributed by atoms with Gasteiger partial charge in [-0.1, -0.05) is 28.1 Å². The number of nitrogens with zero attached hydrogens (tertiary/aromatic N) is 1. The fourth-order valence-electron chi connectivity index (χ4n) is 2.39. The lowest BCUT2D eigenvalue weighted by atomic mass is 9.91. The van der Waals surface area contributed by atoms with Crippen molar-refractivity contribution in [2.24, 2.45) is 5.73 Å². The molecule has 0 saturated carbocycles. The van der Waals surface area contributed by atoms with Gasteiger partial charge in [-0.3, -0.25) is 9.59 Å². The van der Waals surface area contributed by atoms with Crippen LogP contribution >= 0.6 is 28.3 Å². The first-order valence-corrected chi connectivity index (χ1v) is 7.70. The highest BCUT2D eigenvalue weighted by molar-refractivity contribution is 9.10. The number of amides is 2. The van der Waals surface area contributed by atoms with E-state index in [9.17, 15) is 9.59 Å². The van der Waals surface area contributed by atoms with Gasteiger partial charge in [0.05, 0.1) is 0 Å². The second-order valence-corrected chi connectivity index (χ2v) is 6.61. The number of likely N-dealkylation sites (N-methyl/N-ethyl adjacent to an activating group) is 1. The molecule has 0 bridgehead atoms. The largest absolute Gasteiger partial charge is 0.350 e. The Bertz CT molecular complexity index is 548. The molecular weight excluding hydrogens is 370 g/mol. The second kappa shape index (κ2) is 7.44. The van der Waals surface area contributed by atoms with E-state index in [1.165, 1.54) is 0 Å². The van der Waals surface area contributed by atoms with Gasteiger partial charge in [0.2, 0.25) is 11.8 Å². The molecular formula is C15H21BrClN3O2. The first kappa shape index (κ1) is 18.9. The zero-order valence-corrected chi connectivity index (χ0v) is 15.0. The minimum absolute atomic E-state index is 0. The van der Waals surface area contributed by atoms with Crippen LogP contribution in [0.15, 0.2) is 28.7 Å². The van der Waals surface area contributed by atoms with Crippen molar-refractivity contribution in [3.05, 3.63) is 34.3 Å². The highest BCUT2D eigenvalue weighted by atomic mass is 79.9. The van der Waals surface area contributed by atoms with Gasteiger partial charge in [0, 0.05) is 30.5 Å². The van der Waals surface area contributed by atoms with Crippen molar-refractivity contribution in [1.82, 2.24) is 10.2 Å². The highest BCUT2D eigenvalue weighted by Crippen LogP contribution is 2.21. The van der Waals surface area contributed by atoms with Crippen molar-refractivity contribution in [3.8, 4) is 0 Å². The number of benzene rings is 1. The molecule has 2 rings (SSSR count). The number of rotatable bonds is 3. The molecule has 5 nitrogen and oxygen atoms in total. The SMILES string of the molecule is CN1CC(NC(=O)C(C)(N)c2ccc(Br)cc2)CCC1=O.Cl. The Labute approximate surface area is 145 Å². The Hall–Kier alpha value is -1.11. The standard InChI is InChI=1S/C15H20BrN3O2.ClH/c1-15(17,10-3-5-11(16)6-4-10)14(21)18-12-7-8-13(20)19(2)9-12;/h3-6,12H,7-9,17H2,1-2H3,(H,18,21);1H. The minimum Gasteiger partial charge on any atom is -0.350 e. The van der Waals surface area contributed by atoms with Crippen LogP contribution in [-0.2, 0) is 15.1 Å². The summed E-state index contributed by atoms with van der Waals surface area (Å²) >= 11 is 3.36. The van der Waals surface area contributed by atoms with E-state index < -0.39 is 5.54 Å². The molecule has 1 fully saturated rings. The molecule has 122 valence electrons. The average Bonchev–Trinajstić information content (AvgIpc) is 2.43. The second-order valence-electron chi connectivity index (χ2n) is 5.69. The number of halogens is 2. The number of carbonyl (C=O) groups is 2. The number of nitrogens with two attached hydrogens (primary N) is 1. The van der Waals surface area contributed by atoms with E-state index in [-0.39, 0.29) is 30.3 Å². The normalized spacial score (nSPS) is 20.8. The van der Waals surface area contributed by atoms with Crippen LogP contribution in [0.5, 0.6) is 0 Å². The van der Waals surface area contributed by atoms with Gasteiger partial charge in [0.25, 0.3) is 0 Å². The summed E-state index contributed by atoms with van der Waals surface area (Å²) in [7, 11) is 1.75. The molecule has 7 heteroatoms. The summed E-state index contributed by atoms with van der Waals surface area (Å²) in [6, 6.07) is 7.35. The van der Waals surface area contributed by atoms with Crippen molar-refractivity contribution >= 4 is 40.2 Å². The van der Waals surface area contributed by atoms with Gasteiger partial charge in [0.15, 0.2) is 0 Å². The highest BCUT2D eigenvalue weighted by Gasteiger charge is 2.33. The maximum absolute atomic E-state index is 12.5. The predicted molar refractivity (Wildman–Crippen MR) is 91.7 cm³/mol. The monoisotopic (exact) mass is 389 g/mol. The van der Waals surface area contributed by atoms with Crippen LogP contribution in [0.3, 0.4) is 0 Å². The summed E-state index contributed by atoms with van der Waals surface area (Å²) in [4.78, 5) is 25.6. The first-order chi connectivity index (χ1) is 9.80. The summed E-state index contributed by atoms with van der Waals surface area (Å²) in [6.45, 7) is 2.23. The van der Waals surface area contributed by atoms with E-state index in [0.29, 0.717) is 19.4 Å². The summed E-state index contributed by atoms with van der Waals surface area (Å²) in [5, 5.41) is 2.95. The Morgan fingerprint density at radius 2 is 2.00 bits per heavy atom. The summed E-state index contributed by atoms with van der Waals surface area (Å²) in [5.74, 6) is -0.110.